The Bertz CT molecular complexity index is 1390. The van der Waals surface area contributed by atoms with Crippen molar-refractivity contribution in [3.8, 4) is 28.4 Å². The summed E-state index contributed by atoms with van der Waals surface area (Å²) in [6.45, 7) is 1.83. The highest BCUT2D eigenvalue weighted by atomic mass is 16.5. The lowest BCUT2D eigenvalue weighted by atomic mass is 10.1. The third-order valence-electron chi connectivity index (χ3n) is 5.74. The van der Waals surface area contributed by atoms with Crippen LogP contribution in [0.5, 0.6) is 11.5 Å². The van der Waals surface area contributed by atoms with E-state index in [1.165, 1.54) is 12.0 Å². The van der Waals surface area contributed by atoms with Crippen LogP contribution in [0.3, 0.4) is 0 Å². The van der Waals surface area contributed by atoms with E-state index >= 15 is 0 Å². The maximum absolute atomic E-state index is 13.6. The summed E-state index contributed by atoms with van der Waals surface area (Å²) in [6.07, 6.45) is 1.70. The van der Waals surface area contributed by atoms with Gasteiger partial charge in [0.1, 0.15) is 22.8 Å². The van der Waals surface area contributed by atoms with Crippen LogP contribution in [0.2, 0.25) is 0 Å². The fraction of sp³-hybridized carbons (Fsp3) is 0.222. The molecule has 2 heterocycles. The van der Waals surface area contributed by atoms with Crippen molar-refractivity contribution in [3.63, 3.8) is 0 Å². The van der Waals surface area contributed by atoms with Crippen LogP contribution >= 0.6 is 0 Å². The van der Waals surface area contributed by atoms with Crippen LogP contribution in [-0.2, 0) is 11.3 Å². The summed E-state index contributed by atoms with van der Waals surface area (Å²) in [5, 5.41) is 4.73. The zero-order valence-corrected chi connectivity index (χ0v) is 20.8. The van der Waals surface area contributed by atoms with Crippen LogP contribution < -0.4 is 9.47 Å². The molecule has 4 rings (SSSR count). The van der Waals surface area contributed by atoms with Gasteiger partial charge in [-0.05, 0) is 43.3 Å². The number of aromatic nitrogens is 2. The van der Waals surface area contributed by atoms with E-state index in [1.54, 1.807) is 57.3 Å². The Labute approximate surface area is 208 Å². The molecule has 0 aliphatic rings. The molecule has 0 bridgehead atoms. The van der Waals surface area contributed by atoms with E-state index in [0.717, 1.165) is 5.69 Å². The lowest BCUT2D eigenvalue weighted by molar-refractivity contribution is 0.0598. The van der Waals surface area contributed by atoms with E-state index in [0.29, 0.717) is 45.4 Å². The van der Waals surface area contributed by atoms with Crippen LogP contribution in [0.15, 0.2) is 65.2 Å². The molecule has 0 radical (unpaired) electrons. The van der Waals surface area contributed by atoms with E-state index in [9.17, 15) is 9.59 Å². The second-order valence-corrected chi connectivity index (χ2v) is 8.08. The smallest absolute Gasteiger partial charge is 0.341 e. The molecule has 2 aromatic carbocycles. The highest BCUT2D eigenvalue weighted by molar-refractivity contribution is 6.00. The standard InChI is InChI=1S/C27H27N3O6/c1-17-21(27(32)35-5)14-20(36-17)15-29(2)26(31)22-16-30(19-9-7-6-8-10-19)28-25(22)18-11-12-23(33-3)24(13-18)34-4/h6-14,16H,15H2,1-5H3. The topological polar surface area (TPSA) is 96.0 Å². The number of hydrogen-bond acceptors (Lipinski definition) is 7. The molecule has 186 valence electrons. The average Bonchev–Trinajstić information content (AvgIpc) is 3.51. The van der Waals surface area contributed by atoms with Gasteiger partial charge in [0.05, 0.1) is 39.1 Å². The monoisotopic (exact) mass is 489 g/mol. The maximum Gasteiger partial charge on any atom is 0.341 e. The van der Waals surface area contributed by atoms with Crippen LogP contribution in [0, 0.1) is 6.92 Å². The van der Waals surface area contributed by atoms with Gasteiger partial charge in [0.15, 0.2) is 11.5 Å². The lowest BCUT2D eigenvalue weighted by Crippen LogP contribution is -2.26. The van der Waals surface area contributed by atoms with Crippen LogP contribution in [0.25, 0.3) is 16.9 Å². The molecule has 0 atom stereocenters. The largest absolute Gasteiger partial charge is 0.493 e. The predicted molar refractivity (Wildman–Crippen MR) is 133 cm³/mol. The number of furan rings is 1. The molecule has 0 aliphatic heterocycles. The van der Waals surface area contributed by atoms with Crippen molar-refractivity contribution in [2.75, 3.05) is 28.4 Å². The van der Waals surface area contributed by atoms with Crippen molar-refractivity contribution in [3.05, 3.63) is 83.4 Å². The van der Waals surface area contributed by atoms with Gasteiger partial charge in [-0.2, -0.15) is 5.10 Å². The number of hydrogen-bond donors (Lipinski definition) is 0. The van der Waals surface area contributed by atoms with Gasteiger partial charge in [-0.15, -0.1) is 0 Å². The van der Waals surface area contributed by atoms with E-state index < -0.39 is 5.97 Å². The normalized spacial score (nSPS) is 10.7. The van der Waals surface area contributed by atoms with Gasteiger partial charge in [-0.1, -0.05) is 18.2 Å². The van der Waals surface area contributed by atoms with Gasteiger partial charge in [-0.25, -0.2) is 9.48 Å². The second kappa shape index (κ2) is 10.4. The zero-order valence-electron chi connectivity index (χ0n) is 20.8. The second-order valence-electron chi connectivity index (χ2n) is 8.08. The molecule has 9 heteroatoms. The third kappa shape index (κ3) is 4.81. The number of para-hydroxylation sites is 1. The molecule has 0 N–H and O–H groups in total. The van der Waals surface area contributed by atoms with Crippen LogP contribution in [0.1, 0.15) is 32.2 Å². The number of nitrogens with zero attached hydrogens (tertiary/aromatic N) is 3. The number of benzene rings is 2. The van der Waals surface area contributed by atoms with E-state index in [2.05, 4.69) is 0 Å². The van der Waals surface area contributed by atoms with E-state index in [-0.39, 0.29) is 12.5 Å². The van der Waals surface area contributed by atoms with Gasteiger partial charge in [0.25, 0.3) is 5.91 Å². The Balaban J connectivity index is 1.72. The number of carbonyl (C=O) groups is 2. The number of esters is 1. The number of amides is 1. The Hall–Kier alpha value is -4.53. The number of ether oxygens (including phenoxy) is 3. The molecule has 0 fully saturated rings. The Morgan fingerprint density at radius 3 is 2.36 bits per heavy atom. The minimum absolute atomic E-state index is 0.151. The van der Waals surface area contributed by atoms with E-state index in [1.807, 2.05) is 36.4 Å². The molecule has 0 aliphatic carbocycles. The molecule has 1 amide bonds. The minimum Gasteiger partial charge on any atom is -0.493 e. The highest BCUT2D eigenvalue weighted by Crippen LogP contribution is 2.34. The molecule has 0 unspecified atom stereocenters. The summed E-state index contributed by atoms with van der Waals surface area (Å²) in [5.41, 5.74) is 2.72. The van der Waals surface area contributed by atoms with Gasteiger partial charge in [-0.3, -0.25) is 4.79 Å². The molecular formula is C27H27N3O6. The van der Waals surface area contributed by atoms with Gasteiger partial charge in [0.2, 0.25) is 0 Å². The first-order chi connectivity index (χ1) is 17.4. The molecule has 0 saturated heterocycles. The third-order valence-corrected chi connectivity index (χ3v) is 5.74. The number of methoxy groups -OCH3 is 3. The minimum atomic E-state index is -0.489. The van der Waals surface area contributed by atoms with Crippen molar-refractivity contribution in [1.29, 1.82) is 0 Å². The first kappa shape index (κ1) is 24.6. The molecule has 0 spiro atoms. The molecule has 0 saturated carbocycles. The zero-order chi connectivity index (χ0) is 25.8. The van der Waals surface area contributed by atoms with Crippen molar-refractivity contribution >= 4 is 11.9 Å². The summed E-state index contributed by atoms with van der Waals surface area (Å²) in [4.78, 5) is 27.1. The Morgan fingerprint density at radius 2 is 1.69 bits per heavy atom. The Kier molecular flexibility index (Phi) is 7.10. The van der Waals surface area contributed by atoms with Crippen molar-refractivity contribution in [2.24, 2.45) is 0 Å². The lowest BCUT2D eigenvalue weighted by Gasteiger charge is -2.16. The van der Waals surface area contributed by atoms with Gasteiger partial charge < -0.3 is 23.5 Å². The summed E-state index contributed by atoms with van der Waals surface area (Å²) >= 11 is 0. The number of rotatable bonds is 8. The summed E-state index contributed by atoms with van der Waals surface area (Å²) in [7, 11) is 6.09. The summed E-state index contributed by atoms with van der Waals surface area (Å²) in [5.74, 6) is 1.24. The number of carbonyl (C=O) groups excluding carboxylic acids is 2. The van der Waals surface area contributed by atoms with Crippen LogP contribution in [0.4, 0.5) is 0 Å². The first-order valence-electron chi connectivity index (χ1n) is 11.2. The average molecular weight is 490 g/mol. The SMILES string of the molecule is COC(=O)c1cc(CN(C)C(=O)c2cn(-c3ccccc3)nc2-c2ccc(OC)c(OC)c2)oc1C. The Morgan fingerprint density at radius 1 is 0.972 bits per heavy atom. The summed E-state index contributed by atoms with van der Waals surface area (Å²) in [6, 6.07) is 16.5. The molecule has 36 heavy (non-hydrogen) atoms. The fourth-order valence-corrected chi connectivity index (χ4v) is 3.89. The van der Waals surface area contributed by atoms with Crippen LogP contribution in [-0.4, -0.2) is 54.9 Å². The van der Waals surface area contributed by atoms with Crippen molar-refractivity contribution in [1.82, 2.24) is 14.7 Å². The quantitative estimate of drug-likeness (QED) is 0.336. The predicted octanol–water partition coefficient (Wildman–Crippen LogP) is 4.52. The highest BCUT2D eigenvalue weighted by Gasteiger charge is 2.24. The molecule has 4 aromatic rings. The summed E-state index contributed by atoms with van der Waals surface area (Å²) < 4.78 is 23.0. The maximum atomic E-state index is 13.6. The molecule has 2 aromatic heterocycles. The molecular weight excluding hydrogens is 462 g/mol. The fourth-order valence-electron chi connectivity index (χ4n) is 3.89. The van der Waals surface area contributed by atoms with E-state index in [4.69, 9.17) is 23.7 Å². The number of aryl methyl sites for hydroxylation is 1. The van der Waals surface area contributed by atoms with Gasteiger partial charge in [0, 0.05) is 18.8 Å². The van der Waals surface area contributed by atoms with Gasteiger partial charge >= 0.3 is 5.97 Å². The van der Waals surface area contributed by atoms with Crippen molar-refractivity contribution < 1.29 is 28.2 Å². The molecule has 9 nitrogen and oxygen atoms in total. The van der Waals surface area contributed by atoms with Crippen molar-refractivity contribution in [2.45, 2.75) is 13.5 Å². The first-order valence-corrected chi connectivity index (χ1v) is 11.2.